The SMILES string of the molecule is CC1(C)C(=O)C2c3ccccc3C1[n+]1ccccc12.[Cl-]. The molecule has 1 aromatic carbocycles. The van der Waals surface area contributed by atoms with Gasteiger partial charge in [-0.25, -0.2) is 0 Å². The number of aromatic nitrogens is 1. The Labute approximate surface area is 124 Å². The first kappa shape index (κ1) is 13.3. The minimum Gasteiger partial charge on any atom is -1.00 e. The monoisotopic (exact) mass is 285 g/mol. The molecule has 0 N–H and O–H groups in total. The summed E-state index contributed by atoms with van der Waals surface area (Å²) in [6.07, 6.45) is 2.11. The van der Waals surface area contributed by atoms with Gasteiger partial charge in [0.25, 0.3) is 0 Å². The van der Waals surface area contributed by atoms with E-state index in [0.717, 1.165) is 5.69 Å². The van der Waals surface area contributed by atoms with Gasteiger partial charge in [-0.1, -0.05) is 30.3 Å². The van der Waals surface area contributed by atoms with E-state index in [0.29, 0.717) is 5.78 Å². The Hall–Kier alpha value is -1.67. The predicted octanol–water partition coefficient (Wildman–Crippen LogP) is -0.378. The number of rotatable bonds is 0. The zero-order chi connectivity index (χ0) is 13.2. The second kappa shape index (κ2) is 4.16. The molecule has 0 radical (unpaired) electrons. The van der Waals surface area contributed by atoms with Crippen LogP contribution in [0.5, 0.6) is 0 Å². The summed E-state index contributed by atoms with van der Waals surface area (Å²) in [5.74, 6) is 0.250. The molecule has 0 spiro atoms. The number of benzene rings is 1. The largest absolute Gasteiger partial charge is 1.00 e. The first-order valence-electron chi connectivity index (χ1n) is 6.75. The Balaban J connectivity index is 0.00000121. The third-order valence-electron chi connectivity index (χ3n) is 4.68. The standard InChI is InChI=1S/C17H16NO.ClH/c1-17(2)15-12-8-4-3-7-11(12)14(16(17)19)13-9-5-6-10-18(13)15;/h3-10,14-15H,1-2H3;1H/q+1;/p-1. The number of nitrogens with zero attached hydrogens (tertiary/aromatic N) is 1. The second-order valence-corrected chi connectivity index (χ2v) is 6.08. The lowest BCUT2D eigenvalue weighted by Crippen LogP contribution is -3.00. The maximum Gasteiger partial charge on any atom is 0.196 e. The highest BCUT2D eigenvalue weighted by molar-refractivity contribution is 5.96. The van der Waals surface area contributed by atoms with Crippen LogP contribution in [0.25, 0.3) is 0 Å². The summed E-state index contributed by atoms with van der Waals surface area (Å²) in [4.78, 5) is 12.8. The molecular formula is C17H16ClNO. The maximum absolute atomic E-state index is 12.8. The van der Waals surface area contributed by atoms with Crippen molar-refractivity contribution >= 4 is 5.78 Å². The van der Waals surface area contributed by atoms with E-state index in [9.17, 15) is 4.79 Å². The van der Waals surface area contributed by atoms with Crippen LogP contribution in [0.2, 0.25) is 0 Å². The average Bonchev–Trinajstić information content (AvgIpc) is 2.42. The van der Waals surface area contributed by atoms with Gasteiger partial charge in [0.1, 0.15) is 5.92 Å². The summed E-state index contributed by atoms with van der Waals surface area (Å²) in [6.45, 7) is 4.15. The van der Waals surface area contributed by atoms with E-state index >= 15 is 0 Å². The van der Waals surface area contributed by atoms with Crippen molar-refractivity contribution < 1.29 is 21.8 Å². The predicted molar refractivity (Wildman–Crippen MR) is 71.8 cm³/mol. The average molecular weight is 286 g/mol. The van der Waals surface area contributed by atoms with Crippen LogP contribution in [0.1, 0.15) is 42.6 Å². The number of hydrogen-bond donors (Lipinski definition) is 0. The molecule has 0 fully saturated rings. The third-order valence-corrected chi connectivity index (χ3v) is 4.68. The molecule has 3 heteroatoms. The van der Waals surface area contributed by atoms with E-state index in [1.54, 1.807) is 0 Å². The van der Waals surface area contributed by atoms with Crippen LogP contribution in [0.3, 0.4) is 0 Å². The molecule has 2 atom stereocenters. The van der Waals surface area contributed by atoms with Crippen LogP contribution in [0, 0.1) is 5.41 Å². The summed E-state index contributed by atoms with van der Waals surface area (Å²) >= 11 is 0. The van der Waals surface area contributed by atoms with E-state index in [4.69, 9.17) is 0 Å². The third kappa shape index (κ3) is 1.40. The summed E-state index contributed by atoms with van der Waals surface area (Å²) in [5.41, 5.74) is 3.30. The van der Waals surface area contributed by atoms with Crippen LogP contribution < -0.4 is 17.0 Å². The number of pyridine rings is 1. The minimum absolute atomic E-state index is 0. The summed E-state index contributed by atoms with van der Waals surface area (Å²) < 4.78 is 2.29. The fraction of sp³-hybridized carbons (Fsp3) is 0.294. The number of fused-ring (bicyclic) bond motifs is 1. The Morgan fingerprint density at radius 3 is 2.40 bits per heavy atom. The normalized spacial score (nSPS) is 24.6. The van der Waals surface area contributed by atoms with Gasteiger partial charge >= 0.3 is 0 Å². The number of carbonyl (C=O) groups excluding carboxylic acids is 1. The molecular weight excluding hydrogens is 270 g/mol. The van der Waals surface area contributed by atoms with Crippen molar-refractivity contribution in [1.82, 2.24) is 0 Å². The Bertz CT molecular complexity index is 660. The number of hydrogen-bond acceptors (Lipinski definition) is 1. The molecule has 0 amide bonds. The summed E-state index contributed by atoms with van der Waals surface area (Å²) in [7, 11) is 0. The van der Waals surface area contributed by atoms with Gasteiger partial charge in [-0.15, -0.1) is 0 Å². The van der Waals surface area contributed by atoms with E-state index < -0.39 is 0 Å². The molecule has 5 rings (SSSR count). The lowest BCUT2D eigenvalue weighted by atomic mass is 9.61. The molecule has 2 unspecified atom stereocenters. The lowest BCUT2D eigenvalue weighted by molar-refractivity contribution is -0.737. The molecule has 0 saturated heterocycles. The van der Waals surface area contributed by atoms with Gasteiger partial charge in [0.2, 0.25) is 0 Å². The fourth-order valence-corrected chi connectivity index (χ4v) is 3.80. The maximum atomic E-state index is 12.8. The molecule has 1 aliphatic carbocycles. The highest BCUT2D eigenvalue weighted by Gasteiger charge is 2.59. The van der Waals surface area contributed by atoms with Crippen molar-refractivity contribution in [2.45, 2.75) is 25.8 Å². The van der Waals surface area contributed by atoms with Crippen molar-refractivity contribution in [3.8, 4) is 0 Å². The number of ketones is 1. The molecule has 2 aromatic rings. The molecule has 2 aliphatic heterocycles. The van der Waals surface area contributed by atoms with Crippen LogP contribution in [0.4, 0.5) is 0 Å². The molecule has 20 heavy (non-hydrogen) atoms. The van der Waals surface area contributed by atoms with Crippen LogP contribution in [-0.2, 0) is 4.79 Å². The van der Waals surface area contributed by atoms with E-state index in [1.807, 2.05) is 18.2 Å². The topological polar surface area (TPSA) is 20.9 Å². The Morgan fingerprint density at radius 2 is 1.65 bits per heavy atom. The number of halogens is 1. The quantitative estimate of drug-likeness (QED) is 0.605. The highest BCUT2D eigenvalue weighted by Crippen LogP contribution is 2.51. The first-order chi connectivity index (χ1) is 9.12. The van der Waals surface area contributed by atoms with E-state index in [2.05, 4.69) is 48.9 Å². The van der Waals surface area contributed by atoms with E-state index in [1.165, 1.54) is 11.1 Å². The van der Waals surface area contributed by atoms with Crippen LogP contribution in [-0.4, -0.2) is 5.78 Å². The fourth-order valence-electron chi connectivity index (χ4n) is 3.80. The van der Waals surface area contributed by atoms with Crippen molar-refractivity contribution in [2.75, 3.05) is 0 Å². The lowest BCUT2D eigenvalue weighted by Gasteiger charge is -2.43. The van der Waals surface area contributed by atoms with Crippen molar-refractivity contribution in [3.05, 3.63) is 65.5 Å². The molecule has 3 aliphatic rings. The number of Topliss-reactive ketones (excluding diaryl/α,β-unsaturated/α-hetero) is 1. The Morgan fingerprint density at radius 1 is 1.00 bits per heavy atom. The molecule has 2 nitrogen and oxygen atoms in total. The van der Waals surface area contributed by atoms with Gasteiger partial charge in [-0.2, -0.15) is 4.57 Å². The zero-order valence-corrected chi connectivity index (χ0v) is 12.3. The first-order valence-corrected chi connectivity index (χ1v) is 6.75. The van der Waals surface area contributed by atoms with Gasteiger partial charge < -0.3 is 12.4 Å². The molecule has 3 heterocycles. The van der Waals surface area contributed by atoms with Crippen molar-refractivity contribution in [1.29, 1.82) is 0 Å². The van der Waals surface area contributed by atoms with Crippen molar-refractivity contribution in [2.24, 2.45) is 5.41 Å². The molecule has 0 saturated carbocycles. The highest BCUT2D eigenvalue weighted by atomic mass is 35.5. The van der Waals surface area contributed by atoms with Crippen LogP contribution >= 0.6 is 0 Å². The smallest absolute Gasteiger partial charge is 0.196 e. The van der Waals surface area contributed by atoms with E-state index in [-0.39, 0.29) is 29.8 Å². The molecule has 2 bridgehead atoms. The van der Waals surface area contributed by atoms with Gasteiger partial charge in [0, 0.05) is 17.7 Å². The molecule has 102 valence electrons. The van der Waals surface area contributed by atoms with Gasteiger partial charge in [0.05, 0.1) is 5.41 Å². The zero-order valence-electron chi connectivity index (χ0n) is 11.5. The summed E-state index contributed by atoms with van der Waals surface area (Å²) in [5, 5.41) is 0. The van der Waals surface area contributed by atoms with Crippen molar-refractivity contribution in [3.63, 3.8) is 0 Å². The minimum atomic E-state index is -0.335. The van der Waals surface area contributed by atoms with Gasteiger partial charge in [-0.3, -0.25) is 4.79 Å². The summed E-state index contributed by atoms with van der Waals surface area (Å²) in [6, 6.07) is 14.7. The Kier molecular flexibility index (Phi) is 2.77. The van der Waals surface area contributed by atoms with Crippen LogP contribution in [0.15, 0.2) is 48.7 Å². The molecule has 1 aromatic heterocycles. The number of carbonyl (C=O) groups is 1. The van der Waals surface area contributed by atoms with Gasteiger partial charge in [0.15, 0.2) is 23.7 Å². The second-order valence-electron chi connectivity index (χ2n) is 6.08. The van der Waals surface area contributed by atoms with Gasteiger partial charge in [-0.05, 0) is 19.4 Å².